The Labute approximate surface area is 185 Å². The first kappa shape index (κ1) is 21.3. The molecule has 0 atom stereocenters. The van der Waals surface area contributed by atoms with E-state index in [-0.39, 0.29) is 5.91 Å². The number of hydrogen-bond donors (Lipinski definition) is 0. The lowest BCUT2D eigenvalue weighted by atomic mass is 9.98. The van der Waals surface area contributed by atoms with E-state index in [0.29, 0.717) is 18.8 Å². The number of ether oxygens (including phenoxy) is 2. The zero-order valence-corrected chi connectivity index (χ0v) is 18.6. The third kappa shape index (κ3) is 5.04. The van der Waals surface area contributed by atoms with Gasteiger partial charge in [0.1, 0.15) is 0 Å². The molecule has 0 radical (unpaired) electrons. The van der Waals surface area contributed by atoms with Gasteiger partial charge in [0.2, 0.25) is 5.91 Å². The Bertz CT molecular complexity index is 928. The maximum atomic E-state index is 12.8. The molecule has 5 heteroatoms. The van der Waals surface area contributed by atoms with E-state index >= 15 is 0 Å². The van der Waals surface area contributed by atoms with Crippen LogP contribution in [-0.2, 0) is 17.8 Å². The van der Waals surface area contributed by atoms with E-state index < -0.39 is 0 Å². The van der Waals surface area contributed by atoms with Gasteiger partial charge in [-0.25, -0.2) is 0 Å². The van der Waals surface area contributed by atoms with Crippen molar-refractivity contribution in [2.24, 2.45) is 0 Å². The van der Waals surface area contributed by atoms with Crippen molar-refractivity contribution >= 4 is 17.7 Å². The van der Waals surface area contributed by atoms with Crippen molar-refractivity contribution in [3.63, 3.8) is 0 Å². The molecule has 2 aromatic carbocycles. The maximum absolute atomic E-state index is 12.8. The number of amides is 1. The first-order valence-electron chi connectivity index (χ1n) is 11.2. The van der Waals surface area contributed by atoms with Crippen LogP contribution in [0, 0.1) is 0 Å². The van der Waals surface area contributed by atoms with Gasteiger partial charge < -0.3 is 19.3 Å². The zero-order chi connectivity index (χ0) is 21.6. The van der Waals surface area contributed by atoms with Crippen molar-refractivity contribution in [1.82, 2.24) is 4.90 Å². The van der Waals surface area contributed by atoms with E-state index in [1.165, 1.54) is 36.9 Å². The second kappa shape index (κ2) is 9.90. The van der Waals surface area contributed by atoms with Gasteiger partial charge >= 0.3 is 0 Å². The van der Waals surface area contributed by atoms with Crippen LogP contribution < -0.4 is 14.4 Å². The Hall–Kier alpha value is -2.95. The van der Waals surface area contributed by atoms with Gasteiger partial charge in [-0.3, -0.25) is 4.79 Å². The smallest absolute Gasteiger partial charge is 0.246 e. The van der Waals surface area contributed by atoms with E-state index in [4.69, 9.17) is 9.47 Å². The SMILES string of the molecule is COc1cc2c(cc1OC)CN(C(=O)C=Cc1ccc(N3CCCCCC3)cc1)CC2. The number of nitrogens with zero attached hydrogens (tertiary/aromatic N) is 2. The number of fused-ring (bicyclic) bond motifs is 1. The van der Waals surface area contributed by atoms with Gasteiger partial charge in [0.05, 0.1) is 14.2 Å². The standard InChI is InChI=1S/C26H32N2O3/c1-30-24-17-21-13-16-28(19-22(21)18-25(24)31-2)26(29)12-9-20-7-10-23(11-8-20)27-14-5-3-4-6-15-27/h7-12,17-18H,3-6,13-16,19H2,1-2H3. The molecule has 0 aliphatic carbocycles. The third-order valence-corrected chi connectivity index (χ3v) is 6.31. The van der Waals surface area contributed by atoms with Crippen molar-refractivity contribution in [3.8, 4) is 11.5 Å². The van der Waals surface area contributed by atoms with Gasteiger partial charge in [0.25, 0.3) is 0 Å². The van der Waals surface area contributed by atoms with E-state index in [1.54, 1.807) is 20.3 Å². The minimum atomic E-state index is 0.0389. The molecular formula is C26H32N2O3. The summed E-state index contributed by atoms with van der Waals surface area (Å²) in [5.41, 5.74) is 4.67. The lowest BCUT2D eigenvalue weighted by Crippen LogP contribution is -2.34. The highest BCUT2D eigenvalue weighted by atomic mass is 16.5. The molecule has 2 aliphatic rings. The molecule has 5 nitrogen and oxygen atoms in total. The summed E-state index contributed by atoms with van der Waals surface area (Å²) >= 11 is 0. The predicted molar refractivity (Wildman–Crippen MR) is 125 cm³/mol. The molecule has 1 fully saturated rings. The fraction of sp³-hybridized carbons (Fsp3) is 0.423. The number of rotatable bonds is 5. The topological polar surface area (TPSA) is 42.0 Å². The number of carbonyl (C=O) groups excluding carboxylic acids is 1. The minimum absolute atomic E-state index is 0.0389. The molecule has 1 amide bonds. The van der Waals surface area contributed by atoms with Crippen LogP contribution in [0.1, 0.15) is 42.4 Å². The monoisotopic (exact) mass is 420 g/mol. The molecule has 4 rings (SSSR count). The van der Waals surface area contributed by atoms with Gasteiger partial charge in [-0.15, -0.1) is 0 Å². The summed E-state index contributed by atoms with van der Waals surface area (Å²) in [5, 5.41) is 0. The van der Waals surface area contributed by atoms with E-state index in [9.17, 15) is 4.79 Å². The summed E-state index contributed by atoms with van der Waals surface area (Å²) in [6.07, 6.45) is 9.63. The average Bonchev–Trinajstić information content (AvgIpc) is 3.11. The molecule has 0 unspecified atom stereocenters. The van der Waals surface area contributed by atoms with Crippen LogP contribution in [0.25, 0.3) is 6.08 Å². The highest BCUT2D eigenvalue weighted by Gasteiger charge is 2.21. The average molecular weight is 421 g/mol. The van der Waals surface area contributed by atoms with E-state index in [2.05, 4.69) is 29.2 Å². The van der Waals surface area contributed by atoms with Crippen LogP contribution in [-0.4, -0.2) is 44.7 Å². The highest BCUT2D eigenvalue weighted by Crippen LogP contribution is 2.33. The zero-order valence-electron chi connectivity index (χ0n) is 18.6. The number of carbonyl (C=O) groups is 1. The quantitative estimate of drug-likeness (QED) is 0.659. The molecular weight excluding hydrogens is 388 g/mol. The van der Waals surface area contributed by atoms with E-state index in [0.717, 1.165) is 36.4 Å². The summed E-state index contributed by atoms with van der Waals surface area (Å²) < 4.78 is 10.8. The molecule has 2 aromatic rings. The van der Waals surface area contributed by atoms with Crippen molar-refractivity contribution in [1.29, 1.82) is 0 Å². The lowest BCUT2D eigenvalue weighted by Gasteiger charge is -2.28. The Morgan fingerprint density at radius 3 is 2.16 bits per heavy atom. The molecule has 2 aliphatic heterocycles. The molecule has 0 saturated carbocycles. The third-order valence-electron chi connectivity index (χ3n) is 6.31. The van der Waals surface area contributed by atoms with E-state index in [1.807, 2.05) is 23.1 Å². The summed E-state index contributed by atoms with van der Waals surface area (Å²) in [6, 6.07) is 12.6. The van der Waals surface area contributed by atoms with Crippen LogP contribution >= 0.6 is 0 Å². The molecule has 2 heterocycles. The van der Waals surface area contributed by atoms with Gasteiger partial charge in [-0.05, 0) is 66.3 Å². The summed E-state index contributed by atoms with van der Waals surface area (Å²) in [6.45, 7) is 3.58. The number of benzene rings is 2. The first-order valence-corrected chi connectivity index (χ1v) is 11.2. The van der Waals surface area contributed by atoms with Crippen molar-refractivity contribution in [2.75, 3.05) is 38.8 Å². The normalized spacial score (nSPS) is 16.7. The van der Waals surface area contributed by atoms with Gasteiger partial charge in [0, 0.05) is 37.9 Å². The second-order valence-electron chi connectivity index (χ2n) is 8.31. The van der Waals surface area contributed by atoms with Crippen molar-refractivity contribution in [2.45, 2.75) is 38.6 Å². The Morgan fingerprint density at radius 2 is 1.52 bits per heavy atom. The maximum Gasteiger partial charge on any atom is 0.246 e. The minimum Gasteiger partial charge on any atom is -0.493 e. The molecule has 164 valence electrons. The highest BCUT2D eigenvalue weighted by molar-refractivity contribution is 5.92. The number of anilines is 1. The van der Waals surface area contributed by atoms with Crippen LogP contribution in [0.2, 0.25) is 0 Å². The largest absolute Gasteiger partial charge is 0.493 e. The molecule has 0 N–H and O–H groups in total. The lowest BCUT2D eigenvalue weighted by molar-refractivity contribution is -0.126. The fourth-order valence-corrected chi connectivity index (χ4v) is 4.47. The van der Waals surface area contributed by atoms with Crippen LogP contribution in [0.15, 0.2) is 42.5 Å². The molecule has 0 spiro atoms. The molecule has 31 heavy (non-hydrogen) atoms. The van der Waals surface area contributed by atoms with Crippen LogP contribution in [0.5, 0.6) is 11.5 Å². The van der Waals surface area contributed by atoms with Crippen LogP contribution in [0.3, 0.4) is 0 Å². The van der Waals surface area contributed by atoms with Gasteiger partial charge in [-0.1, -0.05) is 25.0 Å². The van der Waals surface area contributed by atoms with Gasteiger partial charge in [-0.2, -0.15) is 0 Å². The van der Waals surface area contributed by atoms with Crippen molar-refractivity contribution < 1.29 is 14.3 Å². The Balaban J connectivity index is 1.39. The molecule has 0 bridgehead atoms. The van der Waals surface area contributed by atoms with Crippen LogP contribution in [0.4, 0.5) is 5.69 Å². The summed E-state index contributed by atoms with van der Waals surface area (Å²) in [7, 11) is 3.28. The van der Waals surface area contributed by atoms with Crippen molar-refractivity contribution in [3.05, 3.63) is 59.2 Å². The summed E-state index contributed by atoms with van der Waals surface area (Å²) in [4.78, 5) is 17.1. The number of methoxy groups -OCH3 is 2. The Kier molecular flexibility index (Phi) is 6.80. The summed E-state index contributed by atoms with van der Waals surface area (Å²) in [5.74, 6) is 1.48. The van der Waals surface area contributed by atoms with Gasteiger partial charge in [0.15, 0.2) is 11.5 Å². The number of hydrogen-bond acceptors (Lipinski definition) is 4. The first-order chi connectivity index (χ1) is 15.2. The fourth-order valence-electron chi connectivity index (χ4n) is 4.47. The molecule has 0 aromatic heterocycles. The second-order valence-corrected chi connectivity index (χ2v) is 8.31. The Morgan fingerprint density at radius 1 is 0.871 bits per heavy atom. The predicted octanol–water partition coefficient (Wildman–Crippen LogP) is 4.68. The molecule has 1 saturated heterocycles.